The van der Waals surface area contributed by atoms with Gasteiger partial charge < -0.3 is 16.4 Å². The molecule has 116 valence electrons. The maximum absolute atomic E-state index is 12.9. The molecule has 0 bridgehead atoms. The Morgan fingerprint density at radius 2 is 1.85 bits per heavy atom. The summed E-state index contributed by atoms with van der Waals surface area (Å²) in [6, 6.07) is 0. The molecule has 1 aliphatic rings. The van der Waals surface area contributed by atoms with Crippen molar-refractivity contribution in [2.45, 2.75) is 46.5 Å². The van der Waals surface area contributed by atoms with Crippen LogP contribution >= 0.6 is 0 Å². The van der Waals surface area contributed by atoms with E-state index in [1.807, 2.05) is 13.8 Å². The van der Waals surface area contributed by atoms with Crippen molar-refractivity contribution in [3.8, 4) is 0 Å². The lowest BCUT2D eigenvalue weighted by atomic mass is 9.70. The molecule has 0 saturated heterocycles. The van der Waals surface area contributed by atoms with Gasteiger partial charge in [-0.1, -0.05) is 20.8 Å². The quantitative estimate of drug-likeness (QED) is 0.765. The fourth-order valence-electron chi connectivity index (χ4n) is 3.00. The molecule has 5 nitrogen and oxygen atoms in total. The van der Waals surface area contributed by atoms with Crippen LogP contribution in [0.3, 0.4) is 0 Å². The molecule has 2 amide bonds. The molecule has 20 heavy (non-hydrogen) atoms. The van der Waals surface area contributed by atoms with Gasteiger partial charge in [0.25, 0.3) is 0 Å². The van der Waals surface area contributed by atoms with Gasteiger partial charge in [0.2, 0.25) is 11.8 Å². The highest BCUT2D eigenvalue weighted by Gasteiger charge is 2.42. The number of primary amides is 1. The third-order valence-corrected chi connectivity index (χ3v) is 4.30. The minimum Gasteiger partial charge on any atom is -0.368 e. The maximum Gasteiger partial charge on any atom is 0.237 e. The van der Waals surface area contributed by atoms with E-state index in [1.165, 1.54) is 0 Å². The second kappa shape index (κ2) is 7.07. The van der Waals surface area contributed by atoms with Crippen LogP contribution in [0.25, 0.3) is 0 Å². The van der Waals surface area contributed by atoms with Crippen molar-refractivity contribution in [2.75, 3.05) is 19.6 Å². The van der Waals surface area contributed by atoms with Crippen molar-refractivity contribution < 1.29 is 9.59 Å². The number of nitrogens with two attached hydrogens (primary N) is 2. The fourth-order valence-corrected chi connectivity index (χ4v) is 3.00. The number of rotatable bonds is 6. The summed E-state index contributed by atoms with van der Waals surface area (Å²) >= 11 is 0. The molecule has 0 atom stereocenters. The molecule has 1 rings (SSSR count). The van der Waals surface area contributed by atoms with E-state index >= 15 is 0 Å². The zero-order valence-electron chi connectivity index (χ0n) is 13.0. The Balaban J connectivity index is 2.87. The van der Waals surface area contributed by atoms with E-state index in [9.17, 15) is 9.59 Å². The van der Waals surface area contributed by atoms with Gasteiger partial charge in [-0.2, -0.15) is 0 Å². The molecule has 0 aromatic rings. The molecule has 0 aromatic heterocycles. The van der Waals surface area contributed by atoms with E-state index in [0.717, 1.165) is 25.7 Å². The molecule has 0 aromatic carbocycles. The van der Waals surface area contributed by atoms with Crippen LogP contribution in [-0.2, 0) is 9.59 Å². The summed E-state index contributed by atoms with van der Waals surface area (Å²) in [5, 5.41) is 0. The van der Waals surface area contributed by atoms with Crippen molar-refractivity contribution in [1.82, 2.24) is 4.90 Å². The summed E-state index contributed by atoms with van der Waals surface area (Å²) in [4.78, 5) is 25.7. The second-order valence-electron chi connectivity index (χ2n) is 6.71. The normalized spacial score (nSPS) is 26.6. The molecular weight excluding hydrogens is 254 g/mol. The van der Waals surface area contributed by atoms with E-state index in [4.69, 9.17) is 11.5 Å². The molecule has 1 fully saturated rings. The first-order chi connectivity index (χ1) is 9.30. The summed E-state index contributed by atoms with van der Waals surface area (Å²) in [5.74, 6) is 0.502. The molecule has 1 aliphatic carbocycles. The van der Waals surface area contributed by atoms with Gasteiger partial charge in [0.1, 0.15) is 0 Å². The molecule has 0 spiro atoms. The van der Waals surface area contributed by atoms with Gasteiger partial charge in [-0.15, -0.1) is 0 Å². The first-order valence-electron chi connectivity index (χ1n) is 7.58. The third-order valence-electron chi connectivity index (χ3n) is 4.30. The molecular formula is C15H29N3O2. The van der Waals surface area contributed by atoms with Crippen LogP contribution in [0.1, 0.15) is 46.5 Å². The lowest BCUT2D eigenvalue weighted by Gasteiger charge is -2.40. The lowest BCUT2D eigenvalue weighted by Crippen LogP contribution is -2.52. The highest BCUT2D eigenvalue weighted by atomic mass is 16.2. The number of hydrogen-bond donors (Lipinski definition) is 2. The smallest absolute Gasteiger partial charge is 0.237 e. The monoisotopic (exact) mass is 283 g/mol. The first kappa shape index (κ1) is 17.0. The van der Waals surface area contributed by atoms with E-state index in [-0.39, 0.29) is 12.5 Å². The predicted molar refractivity (Wildman–Crippen MR) is 79.7 cm³/mol. The molecule has 0 aliphatic heterocycles. The molecule has 1 saturated carbocycles. The highest BCUT2D eigenvalue weighted by Crippen LogP contribution is 2.39. The van der Waals surface area contributed by atoms with Crippen LogP contribution in [0.5, 0.6) is 0 Å². The average molecular weight is 283 g/mol. The maximum atomic E-state index is 12.9. The Morgan fingerprint density at radius 3 is 2.25 bits per heavy atom. The Hall–Kier alpha value is -1.10. The lowest BCUT2D eigenvalue weighted by molar-refractivity contribution is -0.147. The van der Waals surface area contributed by atoms with Crippen LogP contribution < -0.4 is 11.5 Å². The third kappa shape index (κ3) is 4.20. The number of hydrogen-bond acceptors (Lipinski definition) is 3. The minimum atomic E-state index is -0.489. The van der Waals surface area contributed by atoms with Crippen LogP contribution in [-0.4, -0.2) is 36.3 Å². The van der Waals surface area contributed by atoms with Gasteiger partial charge in [-0.25, -0.2) is 0 Å². The molecule has 4 N–H and O–H groups in total. The number of carbonyl (C=O) groups excluding carboxylic acids is 2. The van der Waals surface area contributed by atoms with Crippen molar-refractivity contribution in [3.05, 3.63) is 0 Å². The summed E-state index contributed by atoms with van der Waals surface area (Å²) in [6.45, 7) is 7.16. The van der Waals surface area contributed by atoms with Gasteiger partial charge >= 0.3 is 0 Å². The van der Waals surface area contributed by atoms with E-state index in [2.05, 4.69) is 6.92 Å². The Bertz CT molecular complexity index is 347. The van der Waals surface area contributed by atoms with Crippen LogP contribution in [0.4, 0.5) is 0 Å². The SMILES string of the molecule is CC(C)CN(CC(N)=O)C(=O)C1(CN)CCC(C)CC1. The van der Waals surface area contributed by atoms with Gasteiger partial charge in [-0.3, -0.25) is 9.59 Å². The zero-order chi connectivity index (χ0) is 15.3. The zero-order valence-corrected chi connectivity index (χ0v) is 13.0. The number of carbonyl (C=O) groups is 2. The molecule has 0 radical (unpaired) electrons. The second-order valence-corrected chi connectivity index (χ2v) is 6.71. The van der Waals surface area contributed by atoms with Gasteiger partial charge in [0, 0.05) is 13.1 Å². The van der Waals surface area contributed by atoms with Crippen LogP contribution in [0.15, 0.2) is 0 Å². The Kier molecular flexibility index (Phi) is 5.99. The van der Waals surface area contributed by atoms with Gasteiger partial charge in [0.05, 0.1) is 12.0 Å². The van der Waals surface area contributed by atoms with Gasteiger partial charge in [-0.05, 0) is 37.5 Å². The summed E-state index contributed by atoms with van der Waals surface area (Å²) in [5.41, 5.74) is 10.7. The largest absolute Gasteiger partial charge is 0.368 e. The van der Waals surface area contributed by atoms with E-state index in [1.54, 1.807) is 4.90 Å². The molecule has 0 heterocycles. The summed E-state index contributed by atoms with van der Waals surface area (Å²) in [7, 11) is 0. The molecule has 5 heteroatoms. The predicted octanol–water partition coefficient (Wildman–Crippen LogP) is 1.11. The van der Waals surface area contributed by atoms with Crippen molar-refractivity contribution >= 4 is 11.8 Å². The van der Waals surface area contributed by atoms with Gasteiger partial charge in [0.15, 0.2) is 0 Å². The standard InChI is InChI=1S/C15H29N3O2/c1-11(2)8-18(9-13(17)19)14(20)15(10-16)6-4-12(3)5-7-15/h11-12H,4-10,16H2,1-3H3,(H2,17,19). The van der Waals surface area contributed by atoms with E-state index in [0.29, 0.717) is 24.9 Å². The Labute approximate surface area is 122 Å². The summed E-state index contributed by atoms with van der Waals surface area (Å²) < 4.78 is 0. The highest BCUT2D eigenvalue weighted by molar-refractivity contribution is 5.87. The fraction of sp³-hybridized carbons (Fsp3) is 0.867. The van der Waals surface area contributed by atoms with Crippen molar-refractivity contribution in [3.63, 3.8) is 0 Å². The van der Waals surface area contributed by atoms with Crippen LogP contribution in [0.2, 0.25) is 0 Å². The Morgan fingerprint density at radius 1 is 1.30 bits per heavy atom. The summed E-state index contributed by atoms with van der Waals surface area (Å²) in [6.07, 6.45) is 3.68. The van der Waals surface area contributed by atoms with Crippen molar-refractivity contribution in [1.29, 1.82) is 0 Å². The van der Waals surface area contributed by atoms with Crippen molar-refractivity contribution in [2.24, 2.45) is 28.7 Å². The van der Waals surface area contributed by atoms with E-state index < -0.39 is 11.3 Å². The first-order valence-corrected chi connectivity index (χ1v) is 7.58. The minimum absolute atomic E-state index is 0.00564. The average Bonchev–Trinajstić information content (AvgIpc) is 2.37. The van der Waals surface area contributed by atoms with Crippen LogP contribution in [0, 0.1) is 17.3 Å². The number of amides is 2. The number of nitrogens with zero attached hydrogens (tertiary/aromatic N) is 1. The topological polar surface area (TPSA) is 89.4 Å². The molecule has 0 unspecified atom stereocenters.